The van der Waals surface area contributed by atoms with Crippen LogP contribution >= 0.6 is 0 Å². The summed E-state index contributed by atoms with van der Waals surface area (Å²) in [6, 6.07) is 6.58. The molecule has 0 saturated heterocycles. The Morgan fingerprint density at radius 1 is 1.38 bits per heavy atom. The van der Waals surface area contributed by atoms with Crippen LogP contribution in [0.2, 0.25) is 0 Å². The van der Waals surface area contributed by atoms with Crippen molar-refractivity contribution in [1.82, 2.24) is 10.6 Å². The van der Waals surface area contributed by atoms with Gasteiger partial charge in [0.15, 0.2) is 0 Å². The Morgan fingerprint density at radius 3 is 3.15 bits per heavy atom. The molecule has 0 aromatic heterocycles. The van der Waals surface area contributed by atoms with Crippen LogP contribution in [0.1, 0.15) is 23.6 Å². The molecule has 2 rings (SSSR count). The van der Waals surface area contributed by atoms with Crippen molar-refractivity contribution in [3.8, 4) is 0 Å². The molecule has 2 nitrogen and oxygen atoms in total. The van der Waals surface area contributed by atoms with Crippen LogP contribution in [0.15, 0.2) is 18.2 Å². The highest BCUT2D eigenvalue weighted by Gasteiger charge is 2.12. The lowest BCUT2D eigenvalue weighted by molar-refractivity contribution is 0.713. The standard InChI is InChI=1S/C11H16N2/c1-2-12-6-9-4-3-5-10-7-13-8-11(9)10/h3-5,12-13H,2,6-8H2,1H3. The van der Waals surface area contributed by atoms with E-state index in [1.165, 1.54) is 16.7 Å². The molecule has 1 aromatic rings. The fourth-order valence-electron chi connectivity index (χ4n) is 1.83. The minimum atomic E-state index is 1.00. The third-order valence-corrected chi connectivity index (χ3v) is 2.55. The first-order valence-corrected chi connectivity index (χ1v) is 4.93. The van der Waals surface area contributed by atoms with Gasteiger partial charge in [0.2, 0.25) is 0 Å². The van der Waals surface area contributed by atoms with Crippen LogP contribution in [0.25, 0.3) is 0 Å². The van der Waals surface area contributed by atoms with Crippen LogP contribution < -0.4 is 10.6 Å². The number of nitrogens with one attached hydrogen (secondary N) is 2. The van der Waals surface area contributed by atoms with Crippen LogP contribution in [-0.4, -0.2) is 6.54 Å². The van der Waals surface area contributed by atoms with Gasteiger partial charge in [-0.25, -0.2) is 0 Å². The van der Waals surface area contributed by atoms with Gasteiger partial charge in [0.1, 0.15) is 0 Å². The minimum absolute atomic E-state index is 1.00. The van der Waals surface area contributed by atoms with Gasteiger partial charge >= 0.3 is 0 Å². The van der Waals surface area contributed by atoms with Crippen molar-refractivity contribution in [2.75, 3.05) is 6.54 Å². The van der Waals surface area contributed by atoms with E-state index < -0.39 is 0 Å². The second-order valence-electron chi connectivity index (χ2n) is 3.44. The average Bonchev–Trinajstić information content (AvgIpc) is 2.62. The maximum absolute atomic E-state index is 3.38. The van der Waals surface area contributed by atoms with Crippen LogP contribution in [-0.2, 0) is 19.6 Å². The molecule has 0 amide bonds. The van der Waals surface area contributed by atoms with Crippen molar-refractivity contribution in [1.29, 1.82) is 0 Å². The normalized spacial score (nSPS) is 14.5. The van der Waals surface area contributed by atoms with Gasteiger partial charge in [0.25, 0.3) is 0 Å². The summed E-state index contributed by atoms with van der Waals surface area (Å²) in [6.45, 7) is 6.26. The first-order valence-electron chi connectivity index (χ1n) is 4.93. The Bertz CT molecular complexity index is 294. The van der Waals surface area contributed by atoms with Gasteiger partial charge < -0.3 is 10.6 Å². The third-order valence-electron chi connectivity index (χ3n) is 2.55. The smallest absolute Gasteiger partial charge is 0.0215 e. The lowest BCUT2D eigenvalue weighted by Crippen LogP contribution is -2.13. The summed E-state index contributed by atoms with van der Waals surface area (Å²) < 4.78 is 0. The van der Waals surface area contributed by atoms with Crippen molar-refractivity contribution in [3.05, 3.63) is 34.9 Å². The van der Waals surface area contributed by atoms with Crippen LogP contribution in [0.3, 0.4) is 0 Å². The Labute approximate surface area is 79.4 Å². The monoisotopic (exact) mass is 176 g/mol. The van der Waals surface area contributed by atoms with E-state index in [0.29, 0.717) is 0 Å². The molecule has 2 N–H and O–H groups in total. The molecule has 0 radical (unpaired) electrons. The third kappa shape index (κ3) is 1.74. The maximum Gasteiger partial charge on any atom is 0.0215 e. The van der Waals surface area contributed by atoms with Crippen LogP contribution in [0, 0.1) is 0 Å². The molecule has 1 heterocycles. The summed E-state index contributed by atoms with van der Waals surface area (Å²) in [4.78, 5) is 0. The van der Waals surface area contributed by atoms with Crippen molar-refractivity contribution in [2.24, 2.45) is 0 Å². The summed E-state index contributed by atoms with van der Waals surface area (Å²) >= 11 is 0. The molecule has 0 bridgehead atoms. The zero-order chi connectivity index (χ0) is 9.10. The second-order valence-corrected chi connectivity index (χ2v) is 3.44. The average molecular weight is 176 g/mol. The Kier molecular flexibility index (Phi) is 2.62. The van der Waals surface area contributed by atoms with Gasteiger partial charge in [-0.3, -0.25) is 0 Å². The topological polar surface area (TPSA) is 24.1 Å². The number of benzene rings is 1. The van der Waals surface area contributed by atoms with Gasteiger partial charge in [0.05, 0.1) is 0 Å². The molecule has 0 fully saturated rings. The van der Waals surface area contributed by atoms with E-state index in [0.717, 1.165) is 26.2 Å². The van der Waals surface area contributed by atoms with Crippen molar-refractivity contribution < 1.29 is 0 Å². The zero-order valence-corrected chi connectivity index (χ0v) is 8.06. The predicted octanol–water partition coefficient (Wildman–Crippen LogP) is 1.40. The zero-order valence-electron chi connectivity index (χ0n) is 8.06. The van der Waals surface area contributed by atoms with Crippen LogP contribution in [0.5, 0.6) is 0 Å². The first-order chi connectivity index (χ1) is 6.42. The highest BCUT2D eigenvalue weighted by Crippen LogP contribution is 2.19. The molecular weight excluding hydrogens is 160 g/mol. The van der Waals surface area contributed by atoms with Crippen molar-refractivity contribution in [2.45, 2.75) is 26.6 Å². The highest BCUT2D eigenvalue weighted by molar-refractivity contribution is 5.37. The van der Waals surface area contributed by atoms with E-state index >= 15 is 0 Å². The second kappa shape index (κ2) is 3.90. The van der Waals surface area contributed by atoms with Gasteiger partial charge in [-0.05, 0) is 23.2 Å². The molecule has 13 heavy (non-hydrogen) atoms. The quantitative estimate of drug-likeness (QED) is 0.727. The fraction of sp³-hybridized carbons (Fsp3) is 0.455. The summed E-state index contributed by atoms with van der Waals surface area (Å²) in [5.74, 6) is 0. The maximum atomic E-state index is 3.38. The summed E-state index contributed by atoms with van der Waals surface area (Å²) in [5.41, 5.74) is 4.42. The summed E-state index contributed by atoms with van der Waals surface area (Å²) in [7, 11) is 0. The molecule has 1 aliphatic rings. The molecule has 0 atom stereocenters. The number of fused-ring (bicyclic) bond motifs is 1. The lowest BCUT2D eigenvalue weighted by atomic mass is 10.0. The SMILES string of the molecule is CCNCc1cccc2c1CNC2. The fourth-order valence-corrected chi connectivity index (χ4v) is 1.83. The van der Waals surface area contributed by atoms with Gasteiger partial charge in [0, 0.05) is 19.6 Å². The molecule has 0 spiro atoms. The van der Waals surface area contributed by atoms with Crippen molar-refractivity contribution in [3.63, 3.8) is 0 Å². The molecule has 2 heteroatoms. The Balaban J connectivity index is 2.20. The van der Waals surface area contributed by atoms with Crippen LogP contribution in [0.4, 0.5) is 0 Å². The Morgan fingerprint density at radius 2 is 2.31 bits per heavy atom. The molecule has 70 valence electrons. The van der Waals surface area contributed by atoms with Gasteiger partial charge in [-0.2, -0.15) is 0 Å². The lowest BCUT2D eigenvalue weighted by Gasteiger charge is -2.07. The van der Waals surface area contributed by atoms with E-state index in [1.54, 1.807) is 0 Å². The van der Waals surface area contributed by atoms with E-state index in [1.807, 2.05) is 0 Å². The highest BCUT2D eigenvalue weighted by atomic mass is 14.9. The van der Waals surface area contributed by atoms with E-state index in [9.17, 15) is 0 Å². The van der Waals surface area contributed by atoms with Crippen molar-refractivity contribution >= 4 is 0 Å². The van der Waals surface area contributed by atoms with Gasteiger partial charge in [-0.15, -0.1) is 0 Å². The number of rotatable bonds is 3. The number of hydrogen-bond acceptors (Lipinski definition) is 2. The van der Waals surface area contributed by atoms with E-state index in [4.69, 9.17) is 0 Å². The molecule has 0 aliphatic carbocycles. The summed E-state index contributed by atoms with van der Waals surface area (Å²) in [5, 5.41) is 6.74. The van der Waals surface area contributed by atoms with E-state index in [-0.39, 0.29) is 0 Å². The molecule has 0 unspecified atom stereocenters. The minimum Gasteiger partial charge on any atom is -0.313 e. The molecule has 1 aliphatic heterocycles. The number of hydrogen-bond donors (Lipinski definition) is 2. The summed E-state index contributed by atoms with van der Waals surface area (Å²) in [6.07, 6.45) is 0. The predicted molar refractivity (Wildman–Crippen MR) is 54.4 cm³/mol. The Hall–Kier alpha value is -0.860. The van der Waals surface area contributed by atoms with E-state index in [2.05, 4.69) is 35.8 Å². The molecule has 0 saturated carbocycles. The largest absolute Gasteiger partial charge is 0.313 e. The molecular formula is C11H16N2. The first kappa shape index (κ1) is 8.73. The van der Waals surface area contributed by atoms with Gasteiger partial charge in [-0.1, -0.05) is 25.1 Å². The molecule has 1 aromatic carbocycles.